The molecule has 2 unspecified atom stereocenters. The normalized spacial score (nSPS) is 45.1. The average molecular weight is 230 g/mol. The minimum Gasteiger partial charge on any atom is -0.0688 e. The predicted octanol–water partition coefficient (Wildman–Crippen LogP) is 4.70. The van der Waals surface area contributed by atoms with Crippen molar-refractivity contribution < 1.29 is 0 Å². The van der Waals surface area contributed by atoms with E-state index in [1.807, 2.05) is 0 Å². The molecule has 1 aliphatic rings. The summed E-state index contributed by atoms with van der Waals surface area (Å²) in [6.07, 6.45) is 6.80. The van der Waals surface area contributed by atoms with Crippen LogP contribution in [0.4, 0.5) is 0 Å². The van der Waals surface area contributed by atoms with E-state index in [0.717, 1.165) is 25.7 Å². The maximum absolute atomic E-state index is 6.40. The lowest BCUT2D eigenvalue weighted by molar-refractivity contribution is 0.164. The van der Waals surface area contributed by atoms with Crippen LogP contribution in [0.3, 0.4) is 0 Å². The highest BCUT2D eigenvalue weighted by Crippen LogP contribution is 2.50. The topological polar surface area (TPSA) is 0 Å². The molecule has 0 aliphatic heterocycles. The molecule has 0 N–H and O–H groups in total. The summed E-state index contributed by atoms with van der Waals surface area (Å²) in [7, 11) is 12.8. The van der Waals surface area contributed by atoms with Crippen molar-refractivity contribution in [2.45, 2.75) is 83.8 Å². The van der Waals surface area contributed by atoms with Crippen LogP contribution < -0.4 is 0 Å². The third-order valence-corrected chi connectivity index (χ3v) is 5.20. The molecule has 0 nitrogen and oxygen atoms in total. The van der Waals surface area contributed by atoms with E-state index < -0.39 is 0 Å². The molecular formula is C15H28B2. The highest BCUT2D eigenvalue weighted by molar-refractivity contribution is 6.16. The Morgan fingerprint density at radius 3 is 1.29 bits per heavy atom. The van der Waals surface area contributed by atoms with Crippen molar-refractivity contribution in [3.63, 3.8) is 0 Å². The van der Waals surface area contributed by atoms with Crippen LogP contribution in [-0.2, 0) is 0 Å². The van der Waals surface area contributed by atoms with Crippen LogP contribution in [0.5, 0.6) is 0 Å². The lowest BCUT2D eigenvalue weighted by Crippen LogP contribution is -2.25. The summed E-state index contributed by atoms with van der Waals surface area (Å²) < 4.78 is 0. The van der Waals surface area contributed by atoms with Crippen molar-refractivity contribution >= 4 is 15.7 Å². The fourth-order valence-electron chi connectivity index (χ4n) is 2.67. The molecule has 1 aliphatic carbocycles. The van der Waals surface area contributed by atoms with E-state index in [1.54, 1.807) is 0 Å². The van der Waals surface area contributed by atoms with Gasteiger partial charge >= 0.3 is 0 Å². The average Bonchev–Trinajstić information content (AvgIpc) is 2.24. The quantitative estimate of drug-likeness (QED) is 0.572. The van der Waals surface area contributed by atoms with Gasteiger partial charge in [0.1, 0.15) is 0 Å². The SMILES string of the molecule is [B]C1(C)CCC([B])(C)CCC(C)(C(C)C)CC1. The minimum atomic E-state index is -0.0406. The molecule has 94 valence electrons. The summed E-state index contributed by atoms with van der Waals surface area (Å²) in [4.78, 5) is 0. The van der Waals surface area contributed by atoms with Crippen molar-refractivity contribution in [1.29, 1.82) is 0 Å². The number of hydrogen-bond acceptors (Lipinski definition) is 0. The molecule has 0 saturated heterocycles. The van der Waals surface area contributed by atoms with Crippen LogP contribution in [0.2, 0.25) is 10.6 Å². The van der Waals surface area contributed by atoms with Crippen LogP contribution in [-0.4, -0.2) is 15.7 Å². The molecule has 0 amide bonds. The summed E-state index contributed by atoms with van der Waals surface area (Å²) in [5, 5.41) is -0.0811. The highest BCUT2D eigenvalue weighted by Gasteiger charge is 2.35. The second-order valence-electron chi connectivity index (χ2n) is 7.62. The first-order chi connectivity index (χ1) is 7.56. The first-order valence-corrected chi connectivity index (χ1v) is 7.14. The van der Waals surface area contributed by atoms with Gasteiger partial charge in [-0.05, 0) is 24.2 Å². The standard InChI is InChI=1S/C15H28B2/c1-12(2)13(3)6-8-14(4,16)10-11-15(5,17)9-7-13/h12H,6-11H2,1-5H3. The first-order valence-electron chi connectivity index (χ1n) is 7.14. The lowest BCUT2D eigenvalue weighted by Gasteiger charge is -2.37. The second-order valence-corrected chi connectivity index (χ2v) is 7.62. The molecule has 1 fully saturated rings. The summed E-state index contributed by atoms with van der Waals surface area (Å²) in [6, 6.07) is 0. The van der Waals surface area contributed by atoms with E-state index in [1.165, 1.54) is 12.8 Å². The molecule has 0 spiro atoms. The van der Waals surface area contributed by atoms with Crippen LogP contribution in [0.25, 0.3) is 0 Å². The zero-order chi connectivity index (χ0) is 13.3. The zero-order valence-corrected chi connectivity index (χ0v) is 12.5. The van der Waals surface area contributed by atoms with E-state index in [0.29, 0.717) is 11.3 Å². The Hall–Kier alpha value is 0.130. The molecule has 0 aromatic heterocycles. The van der Waals surface area contributed by atoms with Gasteiger partial charge in [0.2, 0.25) is 0 Å². The number of rotatable bonds is 1. The van der Waals surface area contributed by atoms with Gasteiger partial charge < -0.3 is 0 Å². The maximum atomic E-state index is 6.40. The smallest absolute Gasteiger partial charge is 0.0688 e. The molecule has 1 rings (SSSR count). The van der Waals surface area contributed by atoms with Crippen molar-refractivity contribution in [1.82, 2.24) is 0 Å². The van der Waals surface area contributed by atoms with Crippen molar-refractivity contribution in [2.24, 2.45) is 11.3 Å². The van der Waals surface area contributed by atoms with Crippen LogP contribution in [0, 0.1) is 11.3 Å². The van der Waals surface area contributed by atoms with Gasteiger partial charge in [-0.15, -0.1) is 0 Å². The van der Waals surface area contributed by atoms with E-state index in [2.05, 4.69) is 34.6 Å². The third kappa shape index (κ3) is 4.38. The van der Waals surface area contributed by atoms with E-state index in [9.17, 15) is 0 Å². The zero-order valence-electron chi connectivity index (χ0n) is 12.5. The van der Waals surface area contributed by atoms with Gasteiger partial charge in [0.25, 0.3) is 0 Å². The molecule has 0 aromatic rings. The summed E-state index contributed by atoms with van der Waals surface area (Å²) in [5.74, 6) is 0.701. The molecular weight excluding hydrogens is 202 g/mol. The van der Waals surface area contributed by atoms with E-state index >= 15 is 0 Å². The van der Waals surface area contributed by atoms with Gasteiger partial charge in [-0.3, -0.25) is 0 Å². The molecule has 0 bridgehead atoms. The Bertz CT molecular complexity index is 234. The number of hydrogen-bond donors (Lipinski definition) is 0. The van der Waals surface area contributed by atoms with Crippen molar-refractivity contribution in [2.75, 3.05) is 0 Å². The lowest BCUT2D eigenvalue weighted by atomic mass is 9.59. The Morgan fingerprint density at radius 1 is 0.706 bits per heavy atom. The Kier molecular flexibility index (Phi) is 4.48. The Balaban J connectivity index is 2.86. The Morgan fingerprint density at radius 2 is 1.00 bits per heavy atom. The monoisotopic (exact) mass is 230 g/mol. The molecule has 0 heterocycles. The fraction of sp³-hybridized carbons (Fsp3) is 1.00. The predicted molar refractivity (Wildman–Crippen MR) is 78.9 cm³/mol. The molecule has 4 radical (unpaired) electrons. The second kappa shape index (κ2) is 5.02. The van der Waals surface area contributed by atoms with Gasteiger partial charge in [0.15, 0.2) is 0 Å². The fourth-order valence-corrected chi connectivity index (χ4v) is 2.67. The third-order valence-electron chi connectivity index (χ3n) is 5.20. The van der Waals surface area contributed by atoms with Gasteiger partial charge in [0, 0.05) is 0 Å². The van der Waals surface area contributed by atoms with Crippen LogP contribution >= 0.6 is 0 Å². The van der Waals surface area contributed by atoms with Crippen molar-refractivity contribution in [3.05, 3.63) is 0 Å². The molecule has 2 heteroatoms. The van der Waals surface area contributed by atoms with Gasteiger partial charge in [-0.25, -0.2) is 0 Å². The van der Waals surface area contributed by atoms with Crippen molar-refractivity contribution in [3.8, 4) is 0 Å². The van der Waals surface area contributed by atoms with Gasteiger partial charge in [-0.1, -0.05) is 70.9 Å². The largest absolute Gasteiger partial charge is 0.0742 e. The maximum Gasteiger partial charge on any atom is 0.0742 e. The molecule has 0 aromatic carbocycles. The van der Waals surface area contributed by atoms with E-state index in [-0.39, 0.29) is 10.6 Å². The van der Waals surface area contributed by atoms with Crippen LogP contribution in [0.1, 0.15) is 73.1 Å². The minimum absolute atomic E-state index is 0.0406. The molecule has 17 heavy (non-hydrogen) atoms. The van der Waals surface area contributed by atoms with E-state index in [4.69, 9.17) is 15.7 Å². The Labute approximate surface area is 111 Å². The summed E-state index contributed by atoms with van der Waals surface area (Å²) in [5.41, 5.74) is 0.394. The summed E-state index contributed by atoms with van der Waals surface area (Å²) >= 11 is 0. The van der Waals surface area contributed by atoms with Gasteiger partial charge in [0.05, 0.1) is 15.7 Å². The van der Waals surface area contributed by atoms with Crippen LogP contribution in [0.15, 0.2) is 0 Å². The first kappa shape index (κ1) is 15.2. The molecule has 1 saturated carbocycles. The summed E-state index contributed by atoms with van der Waals surface area (Å²) in [6.45, 7) is 11.5. The highest BCUT2D eigenvalue weighted by atomic mass is 14.4. The van der Waals surface area contributed by atoms with Gasteiger partial charge in [-0.2, -0.15) is 0 Å². The molecule has 2 atom stereocenters.